The van der Waals surface area contributed by atoms with Crippen LogP contribution < -0.4 is 5.32 Å². The number of nitrogens with one attached hydrogen (secondary N) is 1. The first kappa shape index (κ1) is 14.0. The Morgan fingerprint density at radius 2 is 1.89 bits per heavy atom. The Labute approximate surface area is 123 Å². The molecule has 0 unspecified atom stereocenters. The highest BCUT2D eigenvalue weighted by Gasteiger charge is 2.15. The van der Waals surface area contributed by atoms with Crippen LogP contribution in [-0.4, -0.2) is 29.0 Å². The van der Waals surface area contributed by atoms with E-state index in [2.05, 4.69) is 5.32 Å². The van der Waals surface area contributed by atoms with Gasteiger partial charge in [0, 0.05) is 24.2 Å². The van der Waals surface area contributed by atoms with Gasteiger partial charge in [-0.15, -0.1) is 0 Å². The summed E-state index contributed by atoms with van der Waals surface area (Å²) in [5.41, 5.74) is 0.923. The highest BCUT2D eigenvalue weighted by atomic mass is 35.5. The fourth-order valence-corrected chi connectivity index (χ4v) is 2.30. The van der Waals surface area contributed by atoms with Gasteiger partial charge in [-0.05, 0) is 48.8 Å². The van der Waals surface area contributed by atoms with Gasteiger partial charge in [-0.3, -0.25) is 10.1 Å². The van der Waals surface area contributed by atoms with Crippen molar-refractivity contribution in [2.24, 2.45) is 0 Å². The molecule has 1 aromatic carbocycles. The van der Waals surface area contributed by atoms with Crippen LogP contribution in [0.4, 0.5) is 0 Å². The highest BCUT2D eigenvalue weighted by Crippen LogP contribution is 2.10. The summed E-state index contributed by atoms with van der Waals surface area (Å²) < 4.78 is 0. The maximum Gasteiger partial charge on any atom is 0.250 e. The van der Waals surface area contributed by atoms with Crippen LogP contribution in [0.15, 0.2) is 30.3 Å². The summed E-state index contributed by atoms with van der Waals surface area (Å²) in [5.74, 6) is -0.202. The van der Waals surface area contributed by atoms with E-state index in [4.69, 9.17) is 23.8 Å². The van der Waals surface area contributed by atoms with Crippen LogP contribution in [0, 0.1) is 0 Å². The Morgan fingerprint density at radius 1 is 1.26 bits per heavy atom. The Balaban J connectivity index is 1.86. The number of nitrogens with zero attached hydrogens (tertiary/aromatic N) is 1. The van der Waals surface area contributed by atoms with E-state index in [1.54, 1.807) is 18.2 Å². The van der Waals surface area contributed by atoms with Crippen LogP contribution in [0.2, 0.25) is 5.02 Å². The standard InChI is InChI=1S/C14H15ClN2OS/c15-12-6-3-11(4-7-12)5-8-13(18)16-14(19)17-9-1-2-10-17/h3-8H,1-2,9-10H2,(H,16,18,19)/b8-5+. The van der Waals surface area contributed by atoms with E-state index in [0.29, 0.717) is 10.1 Å². The number of likely N-dealkylation sites (tertiary alicyclic amines) is 1. The van der Waals surface area contributed by atoms with Gasteiger partial charge in [-0.1, -0.05) is 23.7 Å². The number of halogens is 1. The highest BCUT2D eigenvalue weighted by molar-refractivity contribution is 7.80. The first-order chi connectivity index (χ1) is 9.15. The first-order valence-electron chi connectivity index (χ1n) is 6.19. The minimum Gasteiger partial charge on any atom is -0.349 e. The number of benzene rings is 1. The molecule has 5 heteroatoms. The van der Waals surface area contributed by atoms with Crippen molar-refractivity contribution in [2.45, 2.75) is 12.8 Å². The van der Waals surface area contributed by atoms with Crippen molar-refractivity contribution in [1.82, 2.24) is 10.2 Å². The lowest BCUT2D eigenvalue weighted by atomic mass is 10.2. The molecule has 0 saturated carbocycles. The molecule has 1 amide bonds. The molecule has 0 aromatic heterocycles. The number of rotatable bonds is 2. The summed E-state index contributed by atoms with van der Waals surface area (Å²) in [6.45, 7) is 1.86. The third-order valence-corrected chi connectivity index (χ3v) is 3.53. The minimum atomic E-state index is -0.202. The molecular weight excluding hydrogens is 280 g/mol. The molecule has 0 radical (unpaired) electrons. The SMILES string of the molecule is O=C(/C=C/c1ccc(Cl)cc1)NC(=S)N1CCCC1. The van der Waals surface area contributed by atoms with Gasteiger partial charge in [0.2, 0.25) is 5.91 Å². The van der Waals surface area contributed by atoms with Crippen LogP contribution in [0.5, 0.6) is 0 Å². The summed E-state index contributed by atoms with van der Waals surface area (Å²) in [7, 11) is 0. The van der Waals surface area contributed by atoms with Gasteiger partial charge in [0.1, 0.15) is 0 Å². The molecule has 0 spiro atoms. The number of hydrogen-bond donors (Lipinski definition) is 1. The Hall–Kier alpha value is -1.39. The van der Waals surface area contributed by atoms with Crippen molar-refractivity contribution >= 4 is 40.9 Å². The summed E-state index contributed by atoms with van der Waals surface area (Å²) in [6, 6.07) is 7.28. The summed E-state index contributed by atoms with van der Waals surface area (Å²) in [5, 5.41) is 3.90. The number of amides is 1. The van der Waals surface area contributed by atoms with Crippen LogP contribution in [0.1, 0.15) is 18.4 Å². The van der Waals surface area contributed by atoms with Gasteiger partial charge in [0.05, 0.1) is 0 Å². The fourth-order valence-electron chi connectivity index (χ4n) is 1.89. The van der Waals surface area contributed by atoms with E-state index in [0.717, 1.165) is 31.5 Å². The maximum atomic E-state index is 11.7. The van der Waals surface area contributed by atoms with E-state index < -0.39 is 0 Å². The number of hydrogen-bond acceptors (Lipinski definition) is 2. The van der Waals surface area contributed by atoms with Gasteiger partial charge in [0.25, 0.3) is 0 Å². The van der Waals surface area contributed by atoms with Gasteiger partial charge in [-0.2, -0.15) is 0 Å². The number of carbonyl (C=O) groups is 1. The third-order valence-electron chi connectivity index (χ3n) is 2.92. The van der Waals surface area contributed by atoms with Crippen LogP contribution in [-0.2, 0) is 4.79 Å². The summed E-state index contributed by atoms with van der Waals surface area (Å²) in [6.07, 6.45) is 5.48. The average molecular weight is 295 g/mol. The molecule has 1 heterocycles. The smallest absolute Gasteiger partial charge is 0.250 e. The zero-order chi connectivity index (χ0) is 13.7. The monoisotopic (exact) mass is 294 g/mol. The second-order valence-corrected chi connectivity index (χ2v) is 5.20. The van der Waals surface area contributed by atoms with Crippen molar-refractivity contribution in [3.8, 4) is 0 Å². The second kappa shape index (κ2) is 6.68. The van der Waals surface area contributed by atoms with Crippen LogP contribution in [0.3, 0.4) is 0 Å². The predicted molar refractivity (Wildman–Crippen MR) is 82.0 cm³/mol. The Kier molecular flexibility index (Phi) is 4.93. The molecule has 100 valence electrons. The normalized spacial score (nSPS) is 14.9. The molecule has 0 atom stereocenters. The maximum absolute atomic E-state index is 11.7. The molecule has 2 rings (SSSR count). The van der Waals surface area contributed by atoms with E-state index in [9.17, 15) is 4.79 Å². The predicted octanol–water partition coefficient (Wildman–Crippen LogP) is 2.85. The third kappa shape index (κ3) is 4.33. The molecule has 3 nitrogen and oxygen atoms in total. The topological polar surface area (TPSA) is 32.3 Å². The molecule has 1 saturated heterocycles. The minimum absolute atomic E-state index is 0.202. The quantitative estimate of drug-likeness (QED) is 0.672. The fraction of sp³-hybridized carbons (Fsp3) is 0.286. The lowest BCUT2D eigenvalue weighted by Gasteiger charge is -2.17. The van der Waals surface area contributed by atoms with E-state index in [1.165, 1.54) is 6.08 Å². The lowest BCUT2D eigenvalue weighted by Crippen LogP contribution is -2.40. The van der Waals surface area contributed by atoms with Gasteiger partial charge in [0.15, 0.2) is 5.11 Å². The Bertz CT molecular complexity index is 493. The van der Waals surface area contributed by atoms with E-state index >= 15 is 0 Å². The largest absolute Gasteiger partial charge is 0.349 e. The molecule has 1 N–H and O–H groups in total. The van der Waals surface area contributed by atoms with E-state index in [1.807, 2.05) is 17.0 Å². The number of carbonyl (C=O) groups excluding carboxylic acids is 1. The summed E-state index contributed by atoms with van der Waals surface area (Å²) in [4.78, 5) is 13.7. The first-order valence-corrected chi connectivity index (χ1v) is 6.97. The van der Waals surface area contributed by atoms with Gasteiger partial charge < -0.3 is 4.90 Å². The Morgan fingerprint density at radius 3 is 2.53 bits per heavy atom. The van der Waals surface area contributed by atoms with Gasteiger partial charge in [-0.25, -0.2) is 0 Å². The molecule has 0 bridgehead atoms. The van der Waals surface area contributed by atoms with Crippen molar-refractivity contribution < 1.29 is 4.79 Å². The van der Waals surface area contributed by atoms with Crippen molar-refractivity contribution in [2.75, 3.05) is 13.1 Å². The molecule has 0 aliphatic carbocycles. The zero-order valence-electron chi connectivity index (χ0n) is 10.4. The van der Waals surface area contributed by atoms with Crippen molar-refractivity contribution in [3.63, 3.8) is 0 Å². The number of thiocarbonyl (C=S) groups is 1. The van der Waals surface area contributed by atoms with Crippen molar-refractivity contribution in [3.05, 3.63) is 40.9 Å². The molecule has 19 heavy (non-hydrogen) atoms. The van der Waals surface area contributed by atoms with Crippen molar-refractivity contribution in [1.29, 1.82) is 0 Å². The zero-order valence-corrected chi connectivity index (χ0v) is 12.0. The van der Waals surface area contributed by atoms with Crippen LogP contribution >= 0.6 is 23.8 Å². The molecule has 1 fully saturated rings. The lowest BCUT2D eigenvalue weighted by molar-refractivity contribution is -0.115. The van der Waals surface area contributed by atoms with Gasteiger partial charge >= 0.3 is 0 Å². The second-order valence-electron chi connectivity index (χ2n) is 4.37. The average Bonchev–Trinajstić information content (AvgIpc) is 2.92. The summed E-state index contributed by atoms with van der Waals surface area (Å²) >= 11 is 11.0. The molecular formula is C14H15ClN2OS. The molecule has 1 aromatic rings. The molecule has 1 aliphatic rings. The molecule has 1 aliphatic heterocycles. The van der Waals surface area contributed by atoms with Crippen LogP contribution in [0.25, 0.3) is 6.08 Å². The van der Waals surface area contributed by atoms with E-state index in [-0.39, 0.29) is 5.91 Å².